The van der Waals surface area contributed by atoms with Crippen molar-refractivity contribution in [2.24, 2.45) is 0 Å². The predicted molar refractivity (Wildman–Crippen MR) is 95.0 cm³/mol. The number of carbonyl (C=O) groups is 2. The van der Waals surface area contributed by atoms with Crippen LogP contribution in [0.25, 0.3) is 0 Å². The molecular formula is C17H22ClF2N3O3. The quantitative estimate of drug-likeness (QED) is 0.857. The number of benzene rings is 1. The van der Waals surface area contributed by atoms with Gasteiger partial charge in [0.1, 0.15) is 5.75 Å². The lowest BCUT2D eigenvalue weighted by atomic mass is 10.1. The molecule has 0 spiro atoms. The highest BCUT2D eigenvalue weighted by Gasteiger charge is 2.33. The van der Waals surface area contributed by atoms with Gasteiger partial charge in [-0.3, -0.25) is 4.79 Å². The number of amides is 3. The monoisotopic (exact) mass is 389 g/mol. The lowest BCUT2D eigenvalue weighted by Gasteiger charge is -2.21. The zero-order valence-corrected chi connectivity index (χ0v) is 15.5. The average molecular weight is 390 g/mol. The first kappa shape index (κ1) is 20.2. The van der Waals surface area contributed by atoms with Gasteiger partial charge in [0.15, 0.2) is 6.61 Å². The molecule has 1 saturated heterocycles. The summed E-state index contributed by atoms with van der Waals surface area (Å²) in [6.45, 7) is 0.129. The molecular weight excluding hydrogens is 368 g/mol. The largest absolute Gasteiger partial charge is 0.482 e. The Morgan fingerprint density at radius 1 is 1.31 bits per heavy atom. The Morgan fingerprint density at radius 2 is 2.04 bits per heavy atom. The van der Waals surface area contributed by atoms with Gasteiger partial charge in [0.25, 0.3) is 5.91 Å². The molecule has 0 saturated carbocycles. The molecule has 0 aromatic heterocycles. The number of anilines is 1. The predicted octanol–water partition coefficient (Wildman–Crippen LogP) is 3.46. The Hall–Kier alpha value is -2.09. The van der Waals surface area contributed by atoms with Crippen LogP contribution in [0.5, 0.6) is 5.75 Å². The molecule has 1 N–H and O–H groups in total. The normalized spacial score (nSPS) is 16.6. The van der Waals surface area contributed by atoms with Crippen molar-refractivity contribution in [2.75, 3.05) is 39.1 Å². The lowest BCUT2D eigenvalue weighted by molar-refractivity contribution is -0.130. The molecule has 1 heterocycles. The summed E-state index contributed by atoms with van der Waals surface area (Å²) in [4.78, 5) is 26.6. The molecule has 0 bridgehead atoms. The number of rotatable bonds is 4. The van der Waals surface area contributed by atoms with Crippen LogP contribution in [0.3, 0.4) is 0 Å². The number of urea groups is 1. The summed E-state index contributed by atoms with van der Waals surface area (Å²) < 4.78 is 32.1. The molecule has 1 aliphatic rings. The van der Waals surface area contributed by atoms with Gasteiger partial charge >= 0.3 is 6.03 Å². The van der Waals surface area contributed by atoms with Crippen LogP contribution in [-0.2, 0) is 4.79 Å². The number of ether oxygens (including phenoxy) is 1. The molecule has 0 radical (unpaired) electrons. The molecule has 1 fully saturated rings. The van der Waals surface area contributed by atoms with Gasteiger partial charge in [-0.25, -0.2) is 13.6 Å². The number of likely N-dealkylation sites (tertiary alicyclic amines) is 1. The average Bonchev–Trinajstić information content (AvgIpc) is 2.74. The summed E-state index contributed by atoms with van der Waals surface area (Å²) in [6, 6.07) is 4.15. The van der Waals surface area contributed by atoms with Crippen LogP contribution in [0.15, 0.2) is 18.2 Å². The fourth-order valence-corrected chi connectivity index (χ4v) is 2.67. The van der Waals surface area contributed by atoms with Crippen LogP contribution >= 0.6 is 11.6 Å². The standard InChI is InChI=1S/C17H22ClF2N3O3/c1-22(2)15(24)11-26-14-5-4-12(10-13(14)18)21-16(25)23-8-3-6-17(19,20)7-9-23/h4-5,10H,3,6-9,11H2,1-2H3,(H,21,25). The third-order valence-corrected chi connectivity index (χ3v) is 4.33. The van der Waals surface area contributed by atoms with Crippen molar-refractivity contribution in [3.63, 3.8) is 0 Å². The minimum atomic E-state index is -2.72. The summed E-state index contributed by atoms with van der Waals surface area (Å²) >= 11 is 6.11. The maximum atomic E-state index is 13.4. The van der Waals surface area contributed by atoms with Gasteiger partial charge in [0.05, 0.1) is 5.02 Å². The van der Waals surface area contributed by atoms with E-state index in [2.05, 4.69) is 5.32 Å². The summed E-state index contributed by atoms with van der Waals surface area (Å²) in [7, 11) is 3.23. The van der Waals surface area contributed by atoms with Gasteiger partial charge in [-0.15, -0.1) is 0 Å². The van der Waals surface area contributed by atoms with E-state index in [1.165, 1.54) is 21.9 Å². The van der Waals surface area contributed by atoms with Crippen LogP contribution in [0, 0.1) is 0 Å². The molecule has 26 heavy (non-hydrogen) atoms. The van der Waals surface area contributed by atoms with Gasteiger partial charge in [0.2, 0.25) is 5.92 Å². The zero-order chi connectivity index (χ0) is 19.3. The Balaban J connectivity index is 1.94. The molecule has 0 atom stereocenters. The third-order valence-electron chi connectivity index (χ3n) is 4.04. The molecule has 1 aliphatic heterocycles. The Kier molecular flexibility index (Phi) is 6.63. The Labute approximate surface area is 156 Å². The number of nitrogens with one attached hydrogen (secondary N) is 1. The minimum Gasteiger partial charge on any atom is -0.482 e. The molecule has 1 aromatic rings. The first-order valence-electron chi connectivity index (χ1n) is 8.24. The number of hydrogen-bond donors (Lipinski definition) is 1. The van der Waals surface area contributed by atoms with Crippen molar-refractivity contribution in [3.8, 4) is 5.75 Å². The summed E-state index contributed by atoms with van der Waals surface area (Å²) in [5.41, 5.74) is 0.419. The molecule has 1 aromatic carbocycles. The van der Waals surface area contributed by atoms with Crippen LogP contribution in [-0.4, -0.2) is 61.5 Å². The molecule has 9 heteroatoms. The number of hydrogen-bond acceptors (Lipinski definition) is 3. The van der Waals surface area contributed by atoms with Crippen molar-refractivity contribution in [3.05, 3.63) is 23.2 Å². The van der Waals surface area contributed by atoms with Crippen molar-refractivity contribution in [1.29, 1.82) is 0 Å². The minimum absolute atomic E-state index is 0.000404. The van der Waals surface area contributed by atoms with Gasteiger partial charge in [0, 0.05) is 45.7 Å². The van der Waals surface area contributed by atoms with E-state index in [1.807, 2.05) is 0 Å². The molecule has 2 rings (SSSR count). The molecule has 0 aliphatic carbocycles. The second-order valence-corrected chi connectivity index (χ2v) is 6.76. The fraction of sp³-hybridized carbons (Fsp3) is 0.529. The van der Waals surface area contributed by atoms with Crippen LogP contribution in [0.1, 0.15) is 19.3 Å². The van der Waals surface area contributed by atoms with Crippen LogP contribution < -0.4 is 10.1 Å². The molecule has 0 unspecified atom stereocenters. The van der Waals surface area contributed by atoms with E-state index in [9.17, 15) is 18.4 Å². The Morgan fingerprint density at radius 3 is 2.69 bits per heavy atom. The second kappa shape index (κ2) is 8.53. The van der Waals surface area contributed by atoms with Crippen molar-refractivity contribution < 1.29 is 23.1 Å². The first-order valence-corrected chi connectivity index (χ1v) is 8.62. The summed E-state index contributed by atoms with van der Waals surface area (Å²) in [5.74, 6) is -2.62. The van der Waals surface area contributed by atoms with Crippen LogP contribution in [0.2, 0.25) is 5.02 Å². The number of nitrogens with zero attached hydrogens (tertiary/aromatic N) is 2. The van der Waals surface area contributed by atoms with E-state index < -0.39 is 12.0 Å². The fourth-order valence-electron chi connectivity index (χ4n) is 2.43. The number of likely N-dealkylation sites (N-methyl/N-ethyl adjacent to an activating group) is 1. The van der Waals surface area contributed by atoms with E-state index in [1.54, 1.807) is 20.2 Å². The van der Waals surface area contributed by atoms with Gasteiger partial charge in [-0.05, 0) is 24.6 Å². The van der Waals surface area contributed by atoms with E-state index >= 15 is 0 Å². The maximum Gasteiger partial charge on any atom is 0.321 e. The molecule has 3 amide bonds. The molecule has 144 valence electrons. The van der Waals surface area contributed by atoms with Crippen LogP contribution in [0.4, 0.5) is 19.3 Å². The van der Waals surface area contributed by atoms with Gasteiger partial charge in [-0.2, -0.15) is 0 Å². The highest BCUT2D eigenvalue weighted by atomic mass is 35.5. The van der Waals surface area contributed by atoms with E-state index in [4.69, 9.17) is 16.3 Å². The van der Waals surface area contributed by atoms with Crippen molar-refractivity contribution >= 4 is 29.2 Å². The van der Waals surface area contributed by atoms with Crippen molar-refractivity contribution in [2.45, 2.75) is 25.2 Å². The second-order valence-electron chi connectivity index (χ2n) is 6.35. The summed E-state index contributed by atoms with van der Waals surface area (Å²) in [5, 5.41) is 2.88. The lowest BCUT2D eigenvalue weighted by Crippen LogP contribution is -2.36. The zero-order valence-electron chi connectivity index (χ0n) is 14.7. The van der Waals surface area contributed by atoms with Crippen molar-refractivity contribution in [1.82, 2.24) is 9.80 Å². The topological polar surface area (TPSA) is 61.9 Å². The van der Waals surface area contributed by atoms with E-state index in [-0.39, 0.29) is 49.9 Å². The van der Waals surface area contributed by atoms with E-state index in [0.29, 0.717) is 11.4 Å². The SMILES string of the molecule is CN(C)C(=O)COc1ccc(NC(=O)N2CCCC(F)(F)CC2)cc1Cl. The Bertz CT molecular complexity index is 671. The number of alkyl halides is 2. The molecule has 6 nitrogen and oxygen atoms in total. The van der Waals surface area contributed by atoms with Gasteiger partial charge in [-0.1, -0.05) is 11.6 Å². The van der Waals surface area contributed by atoms with E-state index in [0.717, 1.165) is 0 Å². The first-order chi connectivity index (χ1) is 12.2. The summed E-state index contributed by atoms with van der Waals surface area (Å²) in [6.07, 6.45) is -0.290. The number of halogens is 3. The third kappa shape index (κ3) is 5.72. The highest BCUT2D eigenvalue weighted by Crippen LogP contribution is 2.29. The highest BCUT2D eigenvalue weighted by molar-refractivity contribution is 6.32. The number of carbonyl (C=O) groups excluding carboxylic acids is 2. The van der Waals surface area contributed by atoms with Gasteiger partial charge < -0.3 is 19.9 Å². The maximum absolute atomic E-state index is 13.4. The smallest absolute Gasteiger partial charge is 0.321 e.